The third-order valence-electron chi connectivity index (χ3n) is 1.74. The van der Waals surface area contributed by atoms with Crippen molar-refractivity contribution >= 4 is 29.3 Å². The average molecular weight is 234 g/mol. The Balaban J connectivity index is 2.43. The predicted molar refractivity (Wildman–Crippen MR) is 58.3 cm³/mol. The molecule has 1 aromatic heterocycles. The van der Waals surface area contributed by atoms with E-state index in [0.717, 1.165) is 12.2 Å². The number of hydrogen-bond acceptors (Lipinski definition) is 3. The van der Waals surface area contributed by atoms with Crippen molar-refractivity contribution in [1.82, 2.24) is 0 Å². The quantitative estimate of drug-likeness (QED) is 0.850. The van der Waals surface area contributed by atoms with Crippen molar-refractivity contribution in [3.63, 3.8) is 0 Å². The number of furan rings is 1. The second-order valence-corrected chi connectivity index (χ2v) is 4.38. The zero-order valence-electron chi connectivity index (χ0n) is 7.83. The summed E-state index contributed by atoms with van der Waals surface area (Å²) in [6, 6.07) is 3.48. The molecule has 0 saturated heterocycles. The summed E-state index contributed by atoms with van der Waals surface area (Å²) in [6.07, 6.45) is 0.731. The van der Waals surface area contributed by atoms with Gasteiger partial charge in [-0.2, -0.15) is 0 Å². The van der Waals surface area contributed by atoms with Crippen LogP contribution in [0.5, 0.6) is 0 Å². The van der Waals surface area contributed by atoms with Crippen LogP contribution >= 0.6 is 23.4 Å². The van der Waals surface area contributed by atoms with Gasteiger partial charge in [0.1, 0.15) is 5.76 Å². The second kappa shape index (κ2) is 5.32. The van der Waals surface area contributed by atoms with E-state index in [9.17, 15) is 4.79 Å². The Morgan fingerprint density at radius 3 is 2.86 bits per heavy atom. The molecule has 14 heavy (non-hydrogen) atoms. The molecular formula is C9H12ClNO2S. The summed E-state index contributed by atoms with van der Waals surface area (Å²) in [5, 5.41) is 0.214. The van der Waals surface area contributed by atoms with E-state index in [2.05, 4.69) is 0 Å². The normalized spacial score (nSPS) is 12.7. The van der Waals surface area contributed by atoms with Crippen molar-refractivity contribution in [2.45, 2.75) is 24.3 Å². The molecule has 0 aliphatic rings. The summed E-state index contributed by atoms with van der Waals surface area (Å²) >= 11 is 7.07. The highest BCUT2D eigenvalue weighted by Crippen LogP contribution is 2.22. The van der Waals surface area contributed by atoms with Crippen LogP contribution in [0.1, 0.15) is 19.1 Å². The van der Waals surface area contributed by atoms with Gasteiger partial charge in [0, 0.05) is 0 Å². The number of nitrogens with two attached hydrogens (primary N) is 1. The molecule has 2 N–H and O–H groups in total. The first kappa shape index (κ1) is 11.5. The summed E-state index contributed by atoms with van der Waals surface area (Å²) in [6.45, 7) is 1.93. The lowest BCUT2D eigenvalue weighted by molar-refractivity contribution is -0.117. The Bertz CT molecular complexity index is 314. The zero-order chi connectivity index (χ0) is 10.6. The van der Waals surface area contributed by atoms with Gasteiger partial charge in [-0.25, -0.2) is 0 Å². The van der Waals surface area contributed by atoms with Crippen molar-refractivity contribution in [3.8, 4) is 0 Å². The van der Waals surface area contributed by atoms with Crippen LogP contribution in [0, 0.1) is 0 Å². The van der Waals surface area contributed by atoms with Crippen LogP contribution in [-0.2, 0) is 10.5 Å². The topological polar surface area (TPSA) is 56.2 Å². The number of amides is 1. The smallest absolute Gasteiger partial charge is 0.230 e. The van der Waals surface area contributed by atoms with E-state index in [-0.39, 0.29) is 11.2 Å². The highest BCUT2D eigenvalue weighted by atomic mass is 35.5. The van der Waals surface area contributed by atoms with Gasteiger partial charge in [-0.3, -0.25) is 4.79 Å². The Kier molecular flexibility index (Phi) is 4.35. The molecule has 0 bridgehead atoms. The molecule has 0 aliphatic heterocycles. The van der Waals surface area contributed by atoms with Crippen molar-refractivity contribution in [2.24, 2.45) is 5.73 Å². The number of carbonyl (C=O) groups is 1. The van der Waals surface area contributed by atoms with Crippen LogP contribution in [-0.4, -0.2) is 11.2 Å². The summed E-state index contributed by atoms with van der Waals surface area (Å²) < 4.78 is 5.15. The number of rotatable bonds is 5. The monoisotopic (exact) mass is 233 g/mol. The van der Waals surface area contributed by atoms with E-state index in [4.69, 9.17) is 21.8 Å². The van der Waals surface area contributed by atoms with Crippen molar-refractivity contribution in [2.75, 3.05) is 0 Å². The molecule has 0 aliphatic carbocycles. The van der Waals surface area contributed by atoms with Crippen LogP contribution < -0.4 is 5.73 Å². The van der Waals surface area contributed by atoms with Crippen molar-refractivity contribution < 1.29 is 9.21 Å². The molecule has 1 unspecified atom stereocenters. The van der Waals surface area contributed by atoms with Gasteiger partial charge < -0.3 is 10.2 Å². The summed E-state index contributed by atoms with van der Waals surface area (Å²) in [5.41, 5.74) is 5.20. The van der Waals surface area contributed by atoms with E-state index in [1.807, 2.05) is 6.92 Å². The minimum Gasteiger partial charge on any atom is -0.449 e. The fourth-order valence-corrected chi connectivity index (χ4v) is 2.10. The van der Waals surface area contributed by atoms with Crippen LogP contribution in [0.3, 0.4) is 0 Å². The lowest BCUT2D eigenvalue weighted by Crippen LogP contribution is -2.24. The van der Waals surface area contributed by atoms with Crippen molar-refractivity contribution in [3.05, 3.63) is 23.1 Å². The second-order valence-electron chi connectivity index (χ2n) is 2.82. The van der Waals surface area contributed by atoms with Crippen LogP contribution in [0.2, 0.25) is 5.22 Å². The van der Waals surface area contributed by atoms with E-state index < -0.39 is 0 Å². The first-order valence-electron chi connectivity index (χ1n) is 4.28. The number of halogens is 1. The van der Waals surface area contributed by atoms with Crippen LogP contribution in [0.15, 0.2) is 16.5 Å². The fourth-order valence-electron chi connectivity index (χ4n) is 1.01. The lowest BCUT2D eigenvalue weighted by atomic mass is 10.3. The molecule has 3 nitrogen and oxygen atoms in total. The number of primary amides is 1. The summed E-state index contributed by atoms with van der Waals surface area (Å²) in [5.74, 6) is 1.10. The average Bonchev–Trinajstić information content (AvgIpc) is 2.52. The largest absolute Gasteiger partial charge is 0.449 e. The van der Waals surface area contributed by atoms with Crippen LogP contribution in [0.25, 0.3) is 0 Å². The lowest BCUT2D eigenvalue weighted by Gasteiger charge is -2.08. The number of hydrogen-bond donors (Lipinski definition) is 1. The molecule has 1 amide bonds. The van der Waals surface area contributed by atoms with Gasteiger partial charge in [0.25, 0.3) is 0 Å². The zero-order valence-corrected chi connectivity index (χ0v) is 9.40. The molecule has 5 heteroatoms. The number of carbonyl (C=O) groups excluding carboxylic acids is 1. The molecule has 1 atom stereocenters. The molecule has 0 fully saturated rings. The minimum absolute atomic E-state index is 0.154. The third kappa shape index (κ3) is 3.27. The molecule has 0 spiro atoms. The molecule has 1 heterocycles. The Hall–Kier alpha value is -0.610. The highest BCUT2D eigenvalue weighted by Gasteiger charge is 2.13. The van der Waals surface area contributed by atoms with Gasteiger partial charge in [-0.05, 0) is 30.2 Å². The predicted octanol–water partition coefficient (Wildman–Crippen LogP) is 2.43. The maximum atomic E-state index is 10.9. The summed E-state index contributed by atoms with van der Waals surface area (Å²) in [7, 11) is 0. The fraction of sp³-hybridized carbons (Fsp3) is 0.444. The maximum absolute atomic E-state index is 10.9. The highest BCUT2D eigenvalue weighted by molar-refractivity contribution is 7.99. The van der Waals surface area contributed by atoms with Crippen molar-refractivity contribution in [1.29, 1.82) is 0 Å². The standard InChI is InChI=1S/C9H12ClNO2S/c1-2-7(9(11)12)14-5-6-3-4-8(10)13-6/h3-4,7H,2,5H2,1H3,(H2,11,12). The van der Waals surface area contributed by atoms with E-state index in [1.165, 1.54) is 11.8 Å². The first-order chi connectivity index (χ1) is 6.63. The molecule has 0 saturated carbocycles. The van der Waals surface area contributed by atoms with Gasteiger partial charge in [0.05, 0.1) is 11.0 Å². The molecule has 1 aromatic rings. The molecule has 0 radical (unpaired) electrons. The van der Waals surface area contributed by atoms with E-state index >= 15 is 0 Å². The maximum Gasteiger partial charge on any atom is 0.230 e. The first-order valence-corrected chi connectivity index (χ1v) is 5.71. The van der Waals surface area contributed by atoms with Gasteiger partial charge >= 0.3 is 0 Å². The van der Waals surface area contributed by atoms with Gasteiger partial charge in [0.2, 0.25) is 5.91 Å². The molecule has 78 valence electrons. The number of thioether (sulfide) groups is 1. The van der Waals surface area contributed by atoms with Gasteiger partial charge in [0.15, 0.2) is 5.22 Å². The Labute approximate surface area is 92.0 Å². The minimum atomic E-state index is -0.282. The molecule has 0 aromatic carbocycles. The van der Waals surface area contributed by atoms with E-state index in [0.29, 0.717) is 11.0 Å². The summed E-state index contributed by atoms with van der Waals surface area (Å²) in [4.78, 5) is 10.9. The SMILES string of the molecule is CCC(SCc1ccc(Cl)o1)C(N)=O. The third-order valence-corrected chi connectivity index (χ3v) is 3.37. The van der Waals surface area contributed by atoms with E-state index in [1.54, 1.807) is 12.1 Å². The Morgan fingerprint density at radius 1 is 1.71 bits per heavy atom. The molecular weight excluding hydrogens is 222 g/mol. The Morgan fingerprint density at radius 2 is 2.43 bits per heavy atom. The van der Waals surface area contributed by atoms with Gasteiger partial charge in [-0.1, -0.05) is 6.92 Å². The van der Waals surface area contributed by atoms with Crippen LogP contribution in [0.4, 0.5) is 0 Å². The van der Waals surface area contributed by atoms with Gasteiger partial charge in [-0.15, -0.1) is 11.8 Å². The molecule has 1 rings (SSSR count).